The van der Waals surface area contributed by atoms with E-state index in [1.165, 1.54) is 0 Å². The first-order valence-electron chi connectivity index (χ1n) is 3.18. The van der Waals surface area contributed by atoms with Crippen molar-refractivity contribution >= 4 is 0 Å². The molecule has 0 unspecified atom stereocenters. The highest BCUT2D eigenvalue weighted by atomic mass is 16.5. The van der Waals surface area contributed by atoms with Crippen LogP contribution in [0.1, 0.15) is 19.5 Å². The van der Waals surface area contributed by atoms with Crippen LogP contribution in [-0.4, -0.2) is 5.16 Å². The Labute approximate surface area is 54.9 Å². The lowest BCUT2D eigenvalue weighted by molar-refractivity contribution is 0.407. The molecule has 0 bridgehead atoms. The molecular formula is C7H11NO. The van der Waals surface area contributed by atoms with Crippen LogP contribution in [0.25, 0.3) is 0 Å². The second-order valence-corrected chi connectivity index (χ2v) is 2.59. The van der Waals surface area contributed by atoms with Crippen molar-refractivity contribution in [2.45, 2.75) is 20.3 Å². The quantitative estimate of drug-likeness (QED) is 0.603. The van der Waals surface area contributed by atoms with E-state index in [4.69, 9.17) is 0 Å². The van der Waals surface area contributed by atoms with Crippen molar-refractivity contribution in [2.24, 2.45) is 5.92 Å². The van der Waals surface area contributed by atoms with E-state index in [1.54, 1.807) is 6.26 Å². The van der Waals surface area contributed by atoms with Gasteiger partial charge in [0.15, 0.2) is 0 Å². The predicted molar refractivity (Wildman–Crippen MR) is 35.0 cm³/mol. The lowest BCUT2D eigenvalue weighted by atomic mass is 10.1. The Kier molecular flexibility index (Phi) is 1.88. The topological polar surface area (TPSA) is 26.0 Å². The molecule has 0 aromatic carbocycles. The molecule has 0 aliphatic rings. The Bertz CT molecular complexity index is 155. The third-order valence-electron chi connectivity index (χ3n) is 1.11. The van der Waals surface area contributed by atoms with Crippen LogP contribution >= 0.6 is 0 Å². The van der Waals surface area contributed by atoms with E-state index in [-0.39, 0.29) is 0 Å². The SMILES string of the molecule is CC(C)Cc1ccon1. The minimum atomic E-state index is 0.662. The summed E-state index contributed by atoms with van der Waals surface area (Å²) in [5.74, 6) is 0.662. The van der Waals surface area contributed by atoms with Crippen LogP contribution < -0.4 is 0 Å². The summed E-state index contributed by atoms with van der Waals surface area (Å²) < 4.78 is 4.67. The lowest BCUT2D eigenvalue weighted by Gasteiger charge is -1.96. The largest absolute Gasteiger partial charge is 0.365 e. The van der Waals surface area contributed by atoms with E-state index >= 15 is 0 Å². The molecule has 0 aliphatic heterocycles. The van der Waals surface area contributed by atoms with Crippen molar-refractivity contribution in [1.82, 2.24) is 5.16 Å². The predicted octanol–water partition coefficient (Wildman–Crippen LogP) is 1.87. The zero-order valence-corrected chi connectivity index (χ0v) is 5.79. The van der Waals surface area contributed by atoms with Crippen molar-refractivity contribution in [3.05, 3.63) is 18.0 Å². The third-order valence-corrected chi connectivity index (χ3v) is 1.11. The fraction of sp³-hybridized carbons (Fsp3) is 0.571. The minimum Gasteiger partial charge on any atom is -0.365 e. The second-order valence-electron chi connectivity index (χ2n) is 2.59. The Morgan fingerprint density at radius 1 is 1.67 bits per heavy atom. The Hall–Kier alpha value is -0.790. The molecule has 0 saturated carbocycles. The third kappa shape index (κ3) is 1.88. The molecule has 9 heavy (non-hydrogen) atoms. The maximum Gasteiger partial charge on any atom is 0.124 e. The Balaban J connectivity index is 2.48. The average Bonchev–Trinajstić information content (AvgIpc) is 2.15. The van der Waals surface area contributed by atoms with Gasteiger partial charge >= 0.3 is 0 Å². The van der Waals surface area contributed by atoms with Crippen molar-refractivity contribution in [1.29, 1.82) is 0 Å². The van der Waals surface area contributed by atoms with Crippen LogP contribution in [0.15, 0.2) is 16.9 Å². The molecular weight excluding hydrogens is 114 g/mol. The fourth-order valence-corrected chi connectivity index (χ4v) is 0.761. The van der Waals surface area contributed by atoms with Crippen LogP contribution in [0.2, 0.25) is 0 Å². The summed E-state index contributed by atoms with van der Waals surface area (Å²) in [5.41, 5.74) is 1.05. The van der Waals surface area contributed by atoms with E-state index in [0.29, 0.717) is 5.92 Å². The Morgan fingerprint density at radius 2 is 2.44 bits per heavy atom. The molecule has 0 aliphatic carbocycles. The minimum absolute atomic E-state index is 0.662. The molecule has 1 aromatic heterocycles. The van der Waals surface area contributed by atoms with Crippen LogP contribution in [0, 0.1) is 5.92 Å². The van der Waals surface area contributed by atoms with Gasteiger partial charge in [-0.15, -0.1) is 0 Å². The zero-order valence-electron chi connectivity index (χ0n) is 5.79. The van der Waals surface area contributed by atoms with Crippen molar-refractivity contribution in [2.75, 3.05) is 0 Å². The maximum atomic E-state index is 4.67. The van der Waals surface area contributed by atoms with Gasteiger partial charge in [0.2, 0.25) is 0 Å². The molecule has 0 spiro atoms. The van der Waals surface area contributed by atoms with Gasteiger partial charge in [-0.3, -0.25) is 0 Å². The van der Waals surface area contributed by atoms with Crippen molar-refractivity contribution in [3.8, 4) is 0 Å². The second kappa shape index (κ2) is 2.67. The molecule has 0 fully saturated rings. The molecule has 50 valence electrons. The molecule has 0 N–H and O–H groups in total. The van der Waals surface area contributed by atoms with Crippen molar-refractivity contribution in [3.63, 3.8) is 0 Å². The van der Waals surface area contributed by atoms with E-state index < -0.39 is 0 Å². The van der Waals surface area contributed by atoms with Crippen LogP contribution in [0.5, 0.6) is 0 Å². The maximum absolute atomic E-state index is 4.67. The fourth-order valence-electron chi connectivity index (χ4n) is 0.761. The first-order chi connectivity index (χ1) is 4.29. The van der Waals surface area contributed by atoms with Gasteiger partial charge in [-0.2, -0.15) is 0 Å². The lowest BCUT2D eigenvalue weighted by Crippen LogP contribution is -1.92. The first kappa shape index (κ1) is 6.33. The smallest absolute Gasteiger partial charge is 0.124 e. The van der Waals surface area contributed by atoms with Gasteiger partial charge in [0.05, 0.1) is 5.69 Å². The van der Waals surface area contributed by atoms with Gasteiger partial charge < -0.3 is 4.52 Å². The monoisotopic (exact) mass is 125 g/mol. The van der Waals surface area contributed by atoms with Crippen LogP contribution in [-0.2, 0) is 6.42 Å². The highest BCUT2D eigenvalue weighted by molar-refractivity contribution is 4.95. The van der Waals surface area contributed by atoms with E-state index in [0.717, 1.165) is 12.1 Å². The average molecular weight is 125 g/mol. The van der Waals surface area contributed by atoms with E-state index in [2.05, 4.69) is 23.5 Å². The summed E-state index contributed by atoms with van der Waals surface area (Å²) in [6, 6.07) is 1.90. The summed E-state index contributed by atoms with van der Waals surface area (Å²) in [6.07, 6.45) is 2.62. The summed E-state index contributed by atoms with van der Waals surface area (Å²) in [6.45, 7) is 4.32. The summed E-state index contributed by atoms with van der Waals surface area (Å²) in [7, 11) is 0. The summed E-state index contributed by atoms with van der Waals surface area (Å²) in [5, 5.41) is 3.78. The molecule has 2 nitrogen and oxygen atoms in total. The van der Waals surface area contributed by atoms with Crippen LogP contribution in [0.3, 0.4) is 0 Å². The summed E-state index contributed by atoms with van der Waals surface area (Å²) in [4.78, 5) is 0. The molecule has 0 amide bonds. The van der Waals surface area contributed by atoms with Crippen molar-refractivity contribution < 1.29 is 4.52 Å². The number of hydrogen-bond donors (Lipinski definition) is 0. The molecule has 0 radical (unpaired) electrons. The molecule has 0 atom stereocenters. The van der Waals surface area contributed by atoms with Crippen LogP contribution in [0.4, 0.5) is 0 Å². The van der Waals surface area contributed by atoms with E-state index in [9.17, 15) is 0 Å². The summed E-state index contributed by atoms with van der Waals surface area (Å²) >= 11 is 0. The van der Waals surface area contributed by atoms with Gasteiger partial charge in [0, 0.05) is 6.07 Å². The number of nitrogens with zero attached hydrogens (tertiary/aromatic N) is 1. The van der Waals surface area contributed by atoms with E-state index in [1.807, 2.05) is 6.07 Å². The number of aromatic nitrogens is 1. The highest BCUT2D eigenvalue weighted by Gasteiger charge is 1.98. The van der Waals surface area contributed by atoms with Gasteiger partial charge in [0.1, 0.15) is 6.26 Å². The number of rotatable bonds is 2. The van der Waals surface area contributed by atoms with Gasteiger partial charge in [-0.25, -0.2) is 0 Å². The molecule has 0 saturated heterocycles. The first-order valence-corrected chi connectivity index (χ1v) is 3.18. The standard InChI is InChI=1S/C7H11NO/c1-6(2)5-7-3-4-9-8-7/h3-4,6H,5H2,1-2H3. The molecule has 1 aromatic rings. The molecule has 2 heteroatoms. The van der Waals surface area contributed by atoms with Gasteiger partial charge in [-0.1, -0.05) is 19.0 Å². The Morgan fingerprint density at radius 3 is 2.89 bits per heavy atom. The normalized spacial score (nSPS) is 10.6. The highest BCUT2D eigenvalue weighted by Crippen LogP contribution is 2.03. The molecule has 1 heterocycles. The molecule has 1 rings (SSSR count). The number of hydrogen-bond acceptors (Lipinski definition) is 2. The van der Waals surface area contributed by atoms with Gasteiger partial charge in [-0.05, 0) is 12.3 Å². The zero-order chi connectivity index (χ0) is 6.69. The van der Waals surface area contributed by atoms with Gasteiger partial charge in [0.25, 0.3) is 0 Å².